The second-order valence-electron chi connectivity index (χ2n) is 8.29. The molecule has 1 N–H and O–H groups in total. The Morgan fingerprint density at radius 1 is 1.28 bits per heavy atom. The van der Waals surface area contributed by atoms with Crippen molar-refractivity contribution in [3.8, 4) is 0 Å². The first-order chi connectivity index (χ1) is 11.9. The summed E-state index contributed by atoms with van der Waals surface area (Å²) in [4.78, 5) is 17.4. The van der Waals surface area contributed by atoms with Gasteiger partial charge in [0.1, 0.15) is 11.6 Å². The summed E-state index contributed by atoms with van der Waals surface area (Å²) in [7, 11) is 0. The predicted octanol–water partition coefficient (Wildman–Crippen LogP) is 2.79. The number of amides is 1. The second-order valence-corrected chi connectivity index (χ2v) is 8.29. The number of aromatic nitrogens is 3. The molecule has 0 aromatic carbocycles. The Balaban J connectivity index is 1.46. The zero-order chi connectivity index (χ0) is 17.6. The molecule has 134 valence electrons. The third kappa shape index (κ3) is 3.10. The molecule has 1 amide bonds. The summed E-state index contributed by atoms with van der Waals surface area (Å²) >= 11 is 0. The van der Waals surface area contributed by atoms with Gasteiger partial charge in [0.15, 0.2) is 5.69 Å². The minimum atomic E-state index is -0.100. The van der Waals surface area contributed by atoms with E-state index in [-0.39, 0.29) is 17.4 Å². The molecule has 0 fully saturated rings. The molecule has 0 saturated carbocycles. The van der Waals surface area contributed by atoms with Gasteiger partial charge in [0.2, 0.25) is 0 Å². The third-order valence-corrected chi connectivity index (χ3v) is 5.26. The summed E-state index contributed by atoms with van der Waals surface area (Å²) in [6, 6.07) is 0.109. The van der Waals surface area contributed by atoms with E-state index in [1.807, 2.05) is 0 Å². The highest BCUT2D eigenvalue weighted by molar-refractivity contribution is 5.94. The van der Waals surface area contributed by atoms with E-state index in [2.05, 4.69) is 42.0 Å². The van der Waals surface area contributed by atoms with Crippen LogP contribution in [0.25, 0.3) is 0 Å². The van der Waals surface area contributed by atoms with Gasteiger partial charge in [0.25, 0.3) is 5.91 Å². The molecule has 0 bridgehead atoms. The zero-order valence-corrected chi connectivity index (χ0v) is 15.3. The van der Waals surface area contributed by atoms with Crippen LogP contribution in [0.5, 0.6) is 0 Å². The van der Waals surface area contributed by atoms with Crippen molar-refractivity contribution in [2.24, 2.45) is 0 Å². The van der Waals surface area contributed by atoms with Gasteiger partial charge in [-0.1, -0.05) is 25.9 Å². The highest BCUT2D eigenvalue weighted by Crippen LogP contribution is 2.26. The van der Waals surface area contributed by atoms with Crippen molar-refractivity contribution in [2.75, 3.05) is 0 Å². The lowest BCUT2D eigenvalue weighted by molar-refractivity contribution is 0.0917. The predicted molar refractivity (Wildman–Crippen MR) is 93.6 cm³/mol. The molecule has 6 nitrogen and oxygen atoms in total. The van der Waals surface area contributed by atoms with E-state index in [9.17, 15) is 4.79 Å². The number of carbonyl (C=O) groups excluding carboxylic acids is 1. The van der Waals surface area contributed by atoms with Gasteiger partial charge in [-0.15, -0.1) is 0 Å². The largest absolute Gasteiger partial charge is 0.360 e. The summed E-state index contributed by atoms with van der Waals surface area (Å²) < 4.78 is 7.56. The van der Waals surface area contributed by atoms with Crippen molar-refractivity contribution in [2.45, 2.75) is 77.3 Å². The van der Waals surface area contributed by atoms with Gasteiger partial charge >= 0.3 is 0 Å². The van der Waals surface area contributed by atoms with Gasteiger partial charge in [0, 0.05) is 42.6 Å². The number of imidazole rings is 1. The molecule has 1 atom stereocenters. The van der Waals surface area contributed by atoms with Crippen LogP contribution in [0.2, 0.25) is 0 Å². The molecular formula is C19H26N4O2. The van der Waals surface area contributed by atoms with Crippen LogP contribution in [-0.2, 0) is 31.2 Å². The lowest BCUT2D eigenvalue weighted by Gasteiger charge is -2.24. The Bertz CT molecular complexity index is 797. The highest BCUT2D eigenvalue weighted by Gasteiger charge is 2.28. The second kappa shape index (κ2) is 6.00. The van der Waals surface area contributed by atoms with E-state index < -0.39 is 0 Å². The number of carbonyl (C=O) groups is 1. The van der Waals surface area contributed by atoms with Gasteiger partial charge in [-0.25, -0.2) is 4.98 Å². The summed E-state index contributed by atoms with van der Waals surface area (Å²) in [5, 5.41) is 7.19. The van der Waals surface area contributed by atoms with Crippen molar-refractivity contribution in [3.05, 3.63) is 34.7 Å². The molecule has 25 heavy (non-hydrogen) atoms. The Hall–Kier alpha value is -2.11. The first-order valence-corrected chi connectivity index (χ1v) is 9.26. The smallest absolute Gasteiger partial charge is 0.274 e. The van der Waals surface area contributed by atoms with Crippen LogP contribution in [0.1, 0.15) is 73.4 Å². The van der Waals surface area contributed by atoms with Crippen LogP contribution >= 0.6 is 0 Å². The maximum Gasteiger partial charge on any atom is 0.274 e. The van der Waals surface area contributed by atoms with Crippen LogP contribution in [0.3, 0.4) is 0 Å². The maximum absolute atomic E-state index is 12.7. The third-order valence-electron chi connectivity index (χ3n) is 5.26. The number of nitrogens with one attached hydrogen (secondary N) is 1. The average Bonchev–Trinajstić information content (AvgIpc) is 3.18. The molecule has 1 aliphatic carbocycles. The van der Waals surface area contributed by atoms with Crippen molar-refractivity contribution >= 4 is 5.91 Å². The fourth-order valence-electron chi connectivity index (χ4n) is 3.74. The molecule has 0 spiro atoms. The summed E-state index contributed by atoms with van der Waals surface area (Å²) in [6.45, 7) is 7.29. The normalized spacial score (nSPS) is 20.0. The topological polar surface area (TPSA) is 73.0 Å². The molecule has 6 heteroatoms. The Morgan fingerprint density at radius 3 is 2.88 bits per heavy atom. The molecular weight excluding hydrogens is 316 g/mol. The van der Waals surface area contributed by atoms with Gasteiger partial charge in [-0.05, 0) is 25.7 Å². The van der Waals surface area contributed by atoms with Crippen LogP contribution < -0.4 is 5.32 Å². The molecule has 0 unspecified atom stereocenters. The number of hydrogen-bond donors (Lipinski definition) is 1. The molecule has 0 saturated heterocycles. The van der Waals surface area contributed by atoms with E-state index in [0.717, 1.165) is 67.9 Å². The van der Waals surface area contributed by atoms with E-state index >= 15 is 0 Å². The van der Waals surface area contributed by atoms with Crippen LogP contribution in [0.15, 0.2) is 10.7 Å². The Labute approximate surface area is 148 Å². The summed E-state index contributed by atoms with van der Waals surface area (Å²) in [5.41, 5.74) is 2.66. The molecule has 2 aliphatic rings. The molecule has 2 aromatic rings. The molecule has 0 radical (unpaired) electrons. The highest BCUT2D eigenvalue weighted by atomic mass is 16.5. The summed E-state index contributed by atoms with van der Waals surface area (Å²) in [6.07, 6.45) is 7.94. The quantitative estimate of drug-likeness (QED) is 0.911. The Kier molecular flexibility index (Phi) is 3.93. The monoisotopic (exact) mass is 342 g/mol. The molecule has 2 aromatic heterocycles. The van der Waals surface area contributed by atoms with E-state index in [1.165, 1.54) is 0 Å². The molecule has 1 aliphatic heterocycles. The Morgan fingerprint density at radius 2 is 2.08 bits per heavy atom. The number of rotatable bonds is 2. The number of aryl methyl sites for hydroxylation is 2. The van der Waals surface area contributed by atoms with Crippen molar-refractivity contribution in [1.82, 2.24) is 20.0 Å². The minimum Gasteiger partial charge on any atom is -0.360 e. The lowest BCUT2D eigenvalue weighted by atomic mass is 9.93. The van der Waals surface area contributed by atoms with Crippen molar-refractivity contribution in [3.63, 3.8) is 0 Å². The summed E-state index contributed by atoms with van der Waals surface area (Å²) in [5.74, 6) is 1.91. The van der Waals surface area contributed by atoms with Crippen molar-refractivity contribution in [1.29, 1.82) is 0 Å². The fourth-order valence-corrected chi connectivity index (χ4v) is 3.74. The molecule has 4 rings (SSSR count). The van der Waals surface area contributed by atoms with Crippen LogP contribution in [0, 0.1) is 0 Å². The van der Waals surface area contributed by atoms with Gasteiger partial charge in [-0.2, -0.15) is 0 Å². The number of hydrogen-bond acceptors (Lipinski definition) is 4. The first kappa shape index (κ1) is 16.4. The number of fused-ring (bicyclic) bond motifs is 2. The zero-order valence-electron chi connectivity index (χ0n) is 15.3. The molecule has 3 heterocycles. The van der Waals surface area contributed by atoms with Gasteiger partial charge in [0.05, 0.1) is 5.69 Å². The minimum absolute atomic E-state index is 0.0445. The lowest BCUT2D eigenvalue weighted by Crippen LogP contribution is -2.41. The van der Waals surface area contributed by atoms with Gasteiger partial charge < -0.3 is 14.4 Å². The van der Waals surface area contributed by atoms with Gasteiger partial charge in [-0.3, -0.25) is 4.79 Å². The first-order valence-electron chi connectivity index (χ1n) is 9.26. The SMILES string of the molecule is CC(C)(C)c1cn2c(n1)CC[C@@H](NC(=O)c1noc3c1CCCC3)C2. The number of nitrogens with zero attached hydrogens (tertiary/aromatic N) is 3. The van der Waals surface area contributed by atoms with Crippen LogP contribution in [-0.4, -0.2) is 26.7 Å². The maximum atomic E-state index is 12.7. The van der Waals surface area contributed by atoms with E-state index in [0.29, 0.717) is 5.69 Å². The van der Waals surface area contributed by atoms with Crippen molar-refractivity contribution < 1.29 is 9.32 Å². The van der Waals surface area contributed by atoms with E-state index in [1.54, 1.807) is 0 Å². The standard InChI is InChI=1S/C19H26N4O2/c1-19(2,3)15-11-23-10-12(8-9-16(23)21-15)20-18(24)17-13-6-4-5-7-14(13)25-22-17/h11-12H,4-10H2,1-3H3,(H,20,24)/t12-/m1/s1. The van der Waals surface area contributed by atoms with Crippen LogP contribution in [0.4, 0.5) is 0 Å². The average molecular weight is 342 g/mol. The fraction of sp³-hybridized carbons (Fsp3) is 0.632. The van der Waals surface area contributed by atoms with E-state index in [4.69, 9.17) is 9.51 Å².